The molecule has 8 nitrogen and oxygen atoms in total. The molecular formula is C52H90NO7+. The maximum absolute atomic E-state index is 12.7. The number of likely N-dealkylation sites (N-methyl/N-ethyl adjacent to an activating group) is 1. The molecule has 0 saturated carbocycles. The highest BCUT2D eigenvalue weighted by Gasteiger charge is 2.31. The summed E-state index contributed by atoms with van der Waals surface area (Å²) in [5.41, 5.74) is 0. The van der Waals surface area contributed by atoms with Gasteiger partial charge >= 0.3 is 17.9 Å². The highest BCUT2D eigenvalue weighted by Crippen LogP contribution is 2.15. The van der Waals surface area contributed by atoms with E-state index in [1.54, 1.807) is 0 Å². The maximum Gasteiger partial charge on any atom is 0.362 e. The predicted octanol–water partition coefficient (Wildman–Crippen LogP) is 13.5. The molecule has 0 amide bonds. The number of carboxylic acids is 1. The standard InChI is InChI=1S/C52H89NO7/c1-6-8-10-12-14-16-18-20-22-23-24-25-26-27-29-30-32-34-36-38-40-42-50(54)59-47-48(46-58-45-44-49(52(56)57)53(3,4)5)60-51(55)43-41-39-37-35-33-31-28-21-19-17-15-13-11-9-7-2/h8-11,13-17,19-20,22,48-49H,6-7,12,18,21,23-47H2,1-5H3/p+1/b10-8+,11-9+,15-13+,16-14+,19-17+,22-20+. The summed E-state index contributed by atoms with van der Waals surface area (Å²) in [6.45, 7) is 4.48. The number of aliphatic carboxylic acids is 1. The Morgan fingerprint density at radius 1 is 0.517 bits per heavy atom. The van der Waals surface area contributed by atoms with Crippen molar-refractivity contribution >= 4 is 17.9 Å². The van der Waals surface area contributed by atoms with E-state index in [1.807, 2.05) is 21.1 Å². The summed E-state index contributed by atoms with van der Waals surface area (Å²) in [5.74, 6) is -1.49. The second-order valence-electron chi connectivity index (χ2n) is 17.0. The summed E-state index contributed by atoms with van der Waals surface area (Å²) in [7, 11) is 5.52. The number of esters is 2. The smallest absolute Gasteiger partial charge is 0.362 e. The van der Waals surface area contributed by atoms with Gasteiger partial charge in [0.2, 0.25) is 0 Å². The van der Waals surface area contributed by atoms with Gasteiger partial charge in [-0.3, -0.25) is 9.59 Å². The number of carboxylic acid groups (broad SMARTS) is 1. The number of quaternary nitrogens is 1. The molecule has 2 unspecified atom stereocenters. The van der Waals surface area contributed by atoms with E-state index in [0.717, 1.165) is 77.0 Å². The van der Waals surface area contributed by atoms with Gasteiger partial charge in [-0.05, 0) is 64.2 Å². The Hall–Kier alpha value is -3.23. The van der Waals surface area contributed by atoms with Gasteiger partial charge < -0.3 is 23.8 Å². The largest absolute Gasteiger partial charge is 0.477 e. The van der Waals surface area contributed by atoms with Crippen LogP contribution in [0, 0.1) is 0 Å². The highest BCUT2D eigenvalue weighted by molar-refractivity contribution is 5.72. The van der Waals surface area contributed by atoms with Crippen molar-refractivity contribution in [3.63, 3.8) is 0 Å². The Kier molecular flexibility index (Phi) is 40.2. The van der Waals surface area contributed by atoms with Crippen molar-refractivity contribution in [2.24, 2.45) is 0 Å². The number of hydrogen-bond acceptors (Lipinski definition) is 6. The molecule has 0 bridgehead atoms. The normalized spacial score (nSPS) is 13.6. The van der Waals surface area contributed by atoms with E-state index < -0.39 is 18.1 Å². The minimum Gasteiger partial charge on any atom is -0.477 e. The summed E-state index contributed by atoms with van der Waals surface area (Å²) in [6, 6.07) is -0.620. The molecule has 0 aromatic rings. The maximum atomic E-state index is 12.7. The zero-order valence-electron chi connectivity index (χ0n) is 39.1. The van der Waals surface area contributed by atoms with Crippen LogP contribution < -0.4 is 0 Å². The molecule has 0 saturated heterocycles. The average Bonchev–Trinajstić information content (AvgIpc) is 3.21. The van der Waals surface area contributed by atoms with Crippen LogP contribution in [-0.2, 0) is 28.6 Å². The molecule has 0 aromatic heterocycles. The molecule has 60 heavy (non-hydrogen) atoms. The Morgan fingerprint density at radius 3 is 1.48 bits per heavy atom. The lowest BCUT2D eigenvalue weighted by Crippen LogP contribution is -2.50. The molecule has 2 atom stereocenters. The second kappa shape index (κ2) is 42.5. The van der Waals surface area contributed by atoms with Crippen molar-refractivity contribution in [2.75, 3.05) is 41.0 Å². The lowest BCUT2D eigenvalue weighted by Gasteiger charge is -2.31. The number of carbonyl (C=O) groups is 3. The first-order valence-corrected chi connectivity index (χ1v) is 24.0. The van der Waals surface area contributed by atoms with E-state index in [9.17, 15) is 19.5 Å². The van der Waals surface area contributed by atoms with Crippen molar-refractivity contribution in [2.45, 2.75) is 199 Å². The van der Waals surface area contributed by atoms with Crippen molar-refractivity contribution in [3.05, 3.63) is 72.9 Å². The molecular weight excluding hydrogens is 751 g/mol. The lowest BCUT2D eigenvalue weighted by atomic mass is 10.0. The van der Waals surface area contributed by atoms with Crippen LogP contribution in [0.3, 0.4) is 0 Å². The molecule has 0 heterocycles. The fourth-order valence-corrected chi connectivity index (χ4v) is 6.75. The molecule has 0 rings (SSSR count). The van der Waals surface area contributed by atoms with E-state index in [2.05, 4.69) is 86.8 Å². The van der Waals surface area contributed by atoms with Crippen molar-refractivity contribution in [1.29, 1.82) is 0 Å². The van der Waals surface area contributed by atoms with Crippen LogP contribution in [0.2, 0.25) is 0 Å². The van der Waals surface area contributed by atoms with Gasteiger partial charge in [-0.2, -0.15) is 0 Å². The van der Waals surface area contributed by atoms with Gasteiger partial charge in [-0.25, -0.2) is 4.79 Å². The minimum absolute atomic E-state index is 0.0526. The molecule has 344 valence electrons. The van der Waals surface area contributed by atoms with Gasteiger partial charge in [0.05, 0.1) is 34.4 Å². The van der Waals surface area contributed by atoms with Crippen molar-refractivity contribution < 1.29 is 38.2 Å². The Labute approximate surface area is 368 Å². The Bertz CT molecular complexity index is 1210. The SMILES string of the molecule is CC/C=C/C=C/C=C/CCCCCCCCCC(=O)OC(COCCC(C(=O)O)[N+](C)(C)C)COC(=O)CCCCCCCCCCCCC/C=C/C/C=C/C/C=C/CC. The molecule has 0 aromatic carbocycles. The number of allylic oxidation sites excluding steroid dienone is 12. The van der Waals surface area contributed by atoms with Crippen LogP contribution in [-0.4, -0.2) is 80.6 Å². The zero-order chi connectivity index (χ0) is 44.2. The van der Waals surface area contributed by atoms with Crippen LogP contribution in [0.25, 0.3) is 0 Å². The topological polar surface area (TPSA) is 99.1 Å². The first-order valence-electron chi connectivity index (χ1n) is 24.0. The number of unbranched alkanes of at least 4 members (excludes halogenated alkanes) is 18. The number of carbonyl (C=O) groups excluding carboxylic acids is 2. The Balaban J connectivity index is 4.27. The molecule has 8 heteroatoms. The third-order valence-corrected chi connectivity index (χ3v) is 10.4. The molecule has 1 N–H and O–H groups in total. The van der Waals surface area contributed by atoms with Crippen molar-refractivity contribution in [3.8, 4) is 0 Å². The number of ether oxygens (including phenoxy) is 3. The summed E-state index contributed by atoms with van der Waals surface area (Å²) in [5, 5.41) is 9.64. The van der Waals surface area contributed by atoms with E-state index in [4.69, 9.17) is 14.2 Å². The molecule has 0 aliphatic carbocycles. The summed E-state index contributed by atoms with van der Waals surface area (Å²) in [4.78, 5) is 37.1. The van der Waals surface area contributed by atoms with Crippen LogP contribution in [0.15, 0.2) is 72.9 Å². The summed E-state index contributed by atoms with van der Waals surface area (Å²) < 4.78 is 17.3. The summed E-state index contributed by atoms with van der Waals surface area (Å²) >= 11 is 0. The Morgan fingerprint density at radius 2 is 0.967 bits per heavy atom. The fraction of sp³-hybridized carbons (Fsp3) is 0.712. The average molecular weight is 841 g/mol. The van der Waals surface area contributed by atoms with Gasteiger partial charge in [0, 0.05) is 19.3 Å². The first-order chi connectivity index (χ1) is 29.1. The third-order valence-electron chi connectivity index (χ3n) is 10.4. The van der Waals surface area contributed by atoms with Crippen molar-refractivity contribution in [1.82, 2.24) is 0 Å². The van der Waals surface area contributed by atoms with E-state index in [-0.39, 0.29) is 36.2 Å². The highest BCUT2D eigenvalue weighted by atomic mass is 16.6. The zero-order valence-corrected chi connectivity index (χ0v) is 39.1. The van der Waals surface area contributed by atoms with Crippen LogP contribution >= 0.6 is 0 Å². The van der Waals surface area contributed by atoms with Gasteiger partial charge in [0.15, 0.2) is 12.1 Å². The van der Waals surface area contributed by atoms with Gasteiger partial charge in [0.1, 0.15) is 6.61 Å². The van der Waals surface area contributed by atoms with Gasteiger partial charge in [0.25, 0.3) is 0 Å². The monoisotopic (exact) mass is 841 g/mol. The molecule has 0 radical (unpaired) electrons. The first kappa shape index (κ1) is 56.8. The molecule has 0 aliphatic heterocycles. The minimum atomic E-state index is -0.879. The molecule has 0 aliphatic rings. The number of nitrogens with zero attached hydrogens (tertiary/aromatic N) is 1. The van der Waals surface area contributed by atoms with E-state index >= 15 is 0 Å². The van der Waals surface area contributed by atoms with Crippen LogP contribution in [0.1, 0.15) is 187 Å². The van der Waals surface area contributed by atoms with Gasteiger partial charge in [-0.1, -0.05) is 177 Å². The molecule has 0 spiro atoms. The van der Waals surface area contributed by atoms with Gasteiger partial charge in [-0.15, -0.1) is 0 Å². The third kappa shape index (κ3) is 40.2. The number of rotatable bonds is 42. The van der Waals surface area contributed by atoms with Crippen LogP contribution in [0.4, 0.5) is 0 Å². The lowest BCUT2D eigenvalue weighted by molar-refractivity contribution is -0.887. The fourth-order valence-electron chi connectivity index (χ4n) is 6.75. The van der Waals surface area contributed by atoms with E-state index in [0.29, 0.717) is 19.3 Å². The predicted molar refractivity (Wildman–Crippen MR) is 252 cm³/mol. The molecule has 0 fully saturated rings. The second-order valence-corrected chi connectivity index (χ2v) is 17.0. The summed E-state index contributed by atoms with van der Waals surface area (Å²) in [6.07, 6.45) is 53.7. The van der Waals surface area contributed by atoms with E-state index in [1.165, 1.54) is 77.0 Å². The van der Waals surface area contributed by atoms with Crippen LogP contribution in [0.5, 0.6) is 0 Å². The number of hydrogen-bond donors (Lipinski definition) is 1. The quantitative estimate of drug-likeness (QED) is 0.0215.